The fourth-order valence-electron chi connectivity index (χ4n) is 0.993. The summed E-state index contributed by atoms with van der Waals surface area (Å²) in [7, 11) is 0. The summed E-state index contributed by atoms with van der Waals surface area (Å²) in [4.78, 5) is 20.4. The smallest absolute Gasteiger partial charge is 0.253 e. The standard InChI is InChI=1S/C8H4Cl4O2/c9-5-3-8(12,7(11)14)2-1-4(5)6(10)13/h1-2H,3H2. The van der Waals surface area contributed by atoms with Crippen LogP contribution in [-0.4, -0.2) is 15.4 Å². The average Bonchev–Trinajstić information content (AvgIpc) is 2.02. The van der Waals surface area contributed by atoms with E-state index < -0.39 is 15.4 Å². The van der Waals surface area contributed by atoms with Crippen LogP contribution in [-0.2, 0) is 9.59 Å². The predicted octanol–water partition coefficient (Wildman–Crippen LogP) is 2.95. The van der Waals surface area contributed by atoms with Crippen molar-refractivity contribution in [1.29, 1.82) is 0 Å². The van der Waals surface area contributed by atoms with Crippen molar-refractivity contribution in [2.45, 2.75) is 11.3 Å². The second-order valence-electron chi connectivity index (χ2n) is 2.74. The summed E-state index contributed by atoms with van der Waals surface area (Å²) in [6.45, 7) is 0. The number of hydrogen-bond donors (Lipinski definition) is 0. The largest absolute Gasteiger partial charge is 0.279 e. The second kappa shape index (κ2) is 4.23. The summed E-state index contributed by atoms with van der Waals surface area (Å²) in [6.07, 6.45) is 2.59. The molecule has 0 aromatic carbocycles. The van der Waals surface area contributed by atoms with Crippen LogP contribution in [0.4, 0.5) is 0 Å². The molecule has 1 atom stereocenters. The maximum absolute atomic E-state index is 10.9. The first-order chi connectivity index (χ1) is 6.37. The molecule has 0 N–H and O–H groups in total. The fourth-order valence-corrected chi connectivity index (χ4v) is 1.97. The number of carbonyl (C=O) groups is 2. The van der Waals surface area contributed by atoms with Gasteiger partial charge in [-0.2, -0.15) is 0 Å². The molecule has 1 aliphatic carbocycles. The van der Waals surface area contributed by atoms with Crippen LogP contribution < -0.4 is 0 Å². The van der Waals surface area contributed by atoms with Crippen molar-refractivity contribution in [1.82, 2.24) is 0 Å². The lowest BCUT2D eigenvalue weighted by molar-refractivity contribution is -0.113. The van der Waals surface area contributed by atoms with Gasteiger partial charge in [0.2, 0.25) is 5.24 Å². The van der Waals surface area contributed by atoms with Crippen molar-refractivity contribution in [3.63, 3.8) is 0 Å². The summed E-state index contributed by atoms with van der Waals surface area (Å²) >= 11 is 22.1. The van der Waals surface area contributed by atoms with Gasteiger partial charge in [-0.25, -0.2) is 0 Å². The number of alkyl halides is 1. The summed E-state index contributed by atoms with van der Waals surface area (Å²) in [5, 5.41) is -1.29. The minimum atomic E-state index is -1.37. The molecule has 6 heteroatoms. The highest BCUT2D eigenvalue weighted by Crippen LogP contribution is 2.36. The van der Waals surface area contributed by atoms with Gasteiger partial charge >= 0.3 is 0 Å². The third-order valence-electron chi connectivity index (χ3n) is 1.76. The minimum absolute atomic E-state index is 0.0251. The van der Waals surface area contributed by atoms with Crippen molar-refractivity contribution in [2.24, 2.45) is 0 Å². The number of halogens is 4. The molecule has 0 aliphatic heterocycles. The third kappa shape index (κ3) is 2.31. The van der Waals surface area contributed by atoms with Crippen molar-refractivity contribution in [2.75, 3.05) is 0 Å². The summed E-state index contributed by atoms with van der Waals surface area (Å²) in [5.74, 6) is 0. The first-order valence-corrected chi connectivity index (χ1v) is 5.04. The zero-order valence-electron chi connectivity index (χ0n) is 6.69. The quantitative estimate of drug-likeness (QED) is 0.573. The highest BCUT2D eigenvalue weighted by atomic mass is 35.5. The molecule has 0 radical (unpaired) electrons. The Labute approximate surface area is 100 Å². The molecule has 0 fully saturated rings. The van der Waals surface area contributed by atoms with E-state index >= 15 is 0 Å². The Bertz CT molecular complexity index is 358. The van der Waals surface area contributed by atoms with Gasteiger partial charge in [0, 0.05) is 17.0 Å². The Morgan fingerprint density at radius 1 is 1.36 bits per heavy atom. The number of allylic oxidation sites excluding steroid dienone is 4. The van der Waals surface area contributed by atoms with Gasteiger partial charge in [0.15, 0.2) is 0 Å². The van der Waals surface area contributed by atoms with E-state index in [1.165, 1.54) is 12.2 Å². The Balaban J connectivity index is 3.02. The second-order valence-corrected chi connectivity index (χ2v) is 4.56. The Hall–Kier alpha value is -0.0200. The van der Waals surface area contributed by atoms with E-state index in [1.54, 1.807) is 0 Å². The Kier molecular flexibility index (Phi) is 3.64. The van der Waals surface area contributed by atoms with Crippen LogP contribution in [0.15, 0.2) is 22.8 Å². The summed E-state index contributed by atoms with van der Waals surface area (Å²) in [6, 6.07) is 0. The van der Waals surface area contributed by atoms with Crippen molar-refractivity contribution in [3.05, 3.63) is 22.8 Å². The lowest BCUT2D eigenvalue weighted by atomic mass is 9.97. The third-order valence-corrected chi connectivity index (χ3v) is 3.16. The van der Waals surface area contributed by atoms with Gasteiger partial charge in [0.1, 0.15) is 4.87 Å². The van der Waals surface area contributed by atoms with E-state index in [9.17, 15) is 9.59 Å². The van der Waals surface area contributed by atoms with E-state index in [-0.39, 0.29) is 17.0 Å². The molecule has 0 bridgehead atoms. The molecule has 0 aromatic heterocycles. The van der Waals surface area contributed by atoms with Gasteiger partial charge in [-0.1, -0.05) is 23.8 Å². The van der Waals surface area contributed by atoms with E-state index in [1.807, 2.05) is 0 Å². The monoisotopic (exact) mass is 272 g/mol. The number of carbonyl (C=O) groups excluding carboxylic acids is 2. The van der Waals surface area contributed by atoms with Gasteiger partial charge in [-0.3, -0.25) is 9.59 Å². The molecule has 0 saturated heterocycles. The molecule has 1 rings (SSSR count). The molecule has 0 aromatic rings. The van der Waals surface area contributed by atoms with Crippen LogP contribution >= 0.6 is 46.4 Å². The molecule has 0 amide bonds. The zero-order valence-corrected chi connectivity index (χ0v) is 9.71. The number of rotatable bonds is 2. The highest BCUT2D eigenvalue weighted by Gasteiger charge is 2.36. The molecule has 1 aliphatic rings. The van der Waals surface area contributed by atoms with Crippen LogP contribution in [0.1, 0.15) is 6.42 Å². The fraction of sp³-hybridized carbons (Fsp3) is 0.250. The average molecular weight is 274 g/mol. The van der Waals surface area contributed by atoms with Gasteiger partial charge in [-0.15, -0.1) is 11.6 Å². The highest BCUT2D eigenvalue weighted by molar-refractivity contribution is 6.72. The van der Waals surface area contributed by atoms with Gasteiger partial charge < -0.3 is 0 Å². The van der Waals surface area contributed by atoms with Gasteiger partial charge in [-0.05, 0) is 23.2 Å². The lowest BCUT2D eigenvalue weighted by Crippen LogP contribution is -2.28. The van der Waals surface area contributed by atoms with E-state index in [2.05, 4.69) is 0 Å². The number of hydrogen-bond acceptors (Lipinski definition) is 2. The van der Waals surface area contributed by atoms with Crippen molar-refractivity contribution < 1.29 is 9.59 Å². The molecular formula is C8H4Cl4O2. The van der Waals surface area contributed by atoms with Crippen molar-refractivity contribution in [3.8, 4) is 0 Å². The van der Waals surface area contributed by atoms with Crippen LogP contribution in [0.25, 0.3) is 0 Å². The summed E-state index contributed by atoms with van der Waals surface area (Å²) < 4.78 is 0. The summed E-state index contributed by atoms with van der Waals surface area (Å²) in [5.41, 5.74) is 0.141. The van der Waals surface area contributed by atoms with Crippen LogP contribution in [0, 0.1) is 0 Å². The molecule has 14 heavy (non-hydrogen) atoms. The molecule has 76 valence electrons. The molecule has 0 saturated carbocycles. The van der Waals surface area contributed by atoms with E-state index in [0.717, 1.165) is 0 Å². The molecule has 1 unspecified atom stereocenters. The zero-order chi connectivity index (χ0) is 10.9. The predicted molar refractivity (Wildman–Crippen MR) is 56.9 cm³/mol. The first-order valence-electron chi connectivity index (χ1n) is 3.53. The first kappa shape index (κ1) is 12.1. The van der Waals surface area contributed by atoms with Gasteiger partial charge in [0.05, 0.1) is 0 Å². The van der Waals surface area contributed by atoms with Crippen molar-refractivity contribution >= 4 is 56.9 Å². The Morgan fingerprint density at radius 2 is 1.93 bits per heavy atom. The Morgan fingerprint density at radius 3 is 2.29 bits per heavy atom. The molecule has 0 heterocycles. The van der Waals surface area contributed by atoms with E-state index in [4.69, 9.17) is 46.4 Å². The van der Waals surface area contributed by atoms with Crippen LogP contribution in [0.5, 0.6) is 0 Å². The molecule has 2 nitrogen and oxygen atoms in total. The maximum atomic E-state index is 10.9. The van der Waals surface area contributed by atoms with Gasteiger partial charge in [0.25, 0.3) is 5.24 Å². The maximum Gasteiger partial charge on any atom is 0.253 e. The molecule has 0 spiro atoms. The SMILES string of the molecule is O=C(Cl)C1=C(Cl)CC(Cl)(C(=O)Cl)C=C1. The minimum Gasteiger partial charge on any atom is -0.279 e. The topological polar surface area (TPSA) is 34.1 Å². The lowest BCUT2D eigenvalue weighted by Gasteiger charge is -2.22. The van der Waals surface area contributed by atoms with Crippen LogP contribution in [0.2, 0.25) is 0 Å². The van der Waals surface area contributed by atoms with E-state index in [0.29, 0.717) is 0 Å². The normalized spacial score (nSPS) is 26.6. The van der Waals surface area contributed by atoms with Crippen LogP contribution in [0.3, 0.4) is 0 Å². The molecular weight excluding hydrogens is 270 g/mol.